The molecule has 4 aliphatic heterocycles. The van der Waals surface area contributed by atoms with E-state index >= 15 is 0 Å². The minimum absolute atomic E-state index is 0.0105. The molecule has 2 aromatic rings. The van der Waals surface area contributed by atoms with E-state index in [1.165, 1.54) is 14.0 Å². The predicted octanol–water partition coefficient (Wildman–Crippen LogP) is 4.87. The second-order valence-electron chi connectivity index (χ2n) is 23.1. The summed E-state index contributed by atoms with van der Waals surface area (Å²) < 4.78 is 66.6. The number of ether oxygens (including phenoxy) is 8. The number of alkyl halides is 1. The summed E-state index contributed by atoms with van der Waals surface area (Å²) in [5, 5.41) is 56.4. The summed E-state index contributed by atoms with van der Waals surface area (Å²) in [6, 6.07) is 6.74. The van der Waals surface area contributed by atoms with E-state index in [-0.39, 0.29) is 37.3 Å². The van der Waals surface area contributed by atoms with Gasteiger partial charge in [-0.2, -0.15) is 0 Å². The number of aromatic nitrogens is 3. The van der Waals surface area contributed by atoms with Crippen LogP contribution in [0.15, 0.2) is 30.5 Å². The lowest BCUT2D eigenvalue weighted by molar-refractivity contribution is -0.308. The van der Waals surface area contributed by atoms with Gasteiger partial charge >= 0.3 is 5.97 Å². The standard InChI is InChI=1S/C55H93FN6O13/c1-15-44-55(10,67)49(63)37(6)60(12)31-33(2)28-53(8,66)51(35(4)47(36(5)52(65)73-44)74-46-29-54(9,69-14)50(64)38(7)72-46)75-45-27-42(26-34(3)71-45)59(11)21-20-40-32-62(58-57-40)43(30-56)48(68-13)39-16-18-41(19-17-39)61-22-24-70-25-23-61/h16-19,32-38,42-51,63-64,66-67H,15,20-31H2,1-14H3/t33-,34-,35+,36-,37-,38+,42+,43-,44-,45+,46+,47+,48-,49-,50+,51-,53-,54-,55-/m1/s1. The Morgan fingerprint density at radius 1 is 0.933 bits per heavy atom. The van der Waals surface area contributed by atoms with Gasteiger partial charge < -0.3 is 73.0 Å². The van der Waals surface area contributed by atoms with E-state index in [1.54, 1.807) is 52.6 Å². The number of methoxy groups -OCH3 is 2. The average molecular weight is 1070 g/mol. The molecule has 75 heavy (non-hydrogen) atoms. The molecule has 0 bridgehead atoms. The highest BCUT2D eigenvalue weighted by Crippen LogP contribution is 2.41. The van der Waals surface area contributed by atoms with Gasteiger partial charge in [0.15, 0.2) is 12.6 Å². The van der Waals surface area contributed by atoms with Crippen molar-refractivity contribution >= 4 is 11.7 Å². The van der Waals surface area contributed by atoms with Crippen LogP contribution >= 0.6 is 0 Å². The molecule has 19 atom stereocenters. The smallest absolute Gasteiger partial charge is 0.311 e. The van der Waals surface area contributed by atoms with Gasteiger partial charge in [-0.15, -0.1) is 5.10 Å². The Hall–Kier alpha value is -2.96. The van der Waals surface area contributed by atoms with Crippen LogP contribution in [0.2, 0.25) is 0 Å². The van der Waals surface area contributed by atoms with Gasteiger partial charge in [-0.05, 0) is 105 Å². The number of nitrogens with zero attached hydrogens (tertiary/aromatic N) is 6. The van der Waals surface area contributed by atoms with E-state index in [9.17, 15) is 29.6 Å². The summed E-state index contributed by atoms with van der Waals surface area (Å²) >= 11 is 0. The molecular weight excluding hydrogens is 972 g/mol. The molecule has 0 amide bonds. The fourth-order valence-corrected chi connectivity index (χ4v) is 12.2. The normalized spacial score (nSPS) is 39.1. The molecule has 6 rings (SSSR count). The molecule has 0 unspecified atom stereocenters. The van der Waals surface area contributed by atoms with E-state index in [1.807, 2.05) is 71.0 Å². The van der Waals surface area contributed by atoms with E-state index in [0.717, 1.165) is 24.3 Å². The van der Waals surface area contributed by atoms with Crippen LogP contribution < -0.4 is 4.90 Å². The van der Waals surface area contributed by atoms with Gasteiger partial charge in [0, 0.05) is 89.5 Å². The second kappa shape index (κ2) is 26.3. The third-order valence-corrected chi connectivity index (χ3v) is 17.0. The molecule has 1 aromatic heterocycles. The van der Waals surface area contributed by atoms with E-state index in [0.29, 0.717) is 51.3 Å². The van der Waals surface area contributed by atoms with Gasteiger partial charge in [-0.3, -0.25) is 4.79 Å². The van der Waals surface area contributed by atoms with Crippen LogP contribution in [-0.2, 0) is 49.1 Å². The number of rotatable bonds is 16. The first-order chi connectivity index (χ1) is 35.4. The van der Waals surface area contributed by atoms with Crippen LogP contribution in [0.1, 0.15) is 125 Å². The van der Waals surface area contributed by atoms with Crippen molar-refractivity contribution in [3.8, 4) is 0 Å². The van der Waals surface area contributed by atoms with Crippen molar-refractivity contribution in [2.75, 3.05) is 79.3 Å². The first-order valence-corrected chi connectivity index (χ1v) is 27.4. The molecule has 4 saturated heterocycles. The molecule has 4 fully saturated rings. The first-order valence-electron chi connectivity index (χ1n) is 27.4. The zero-order chi connectivity index (χ0) is 55.2. The maximum Gasteiger partial charge on any atom is 0.311 e. The van der Waals surface area contributed by atoms with Gasteiger partial charge in [0.2, 0.25) is 0 Å². The minimum atomic E-state index is -1.82. The Morgan fingerprint density at radius 2 is 1.61 bits per heavy atom. The van der Waals surface area contributed by atoms with Crippen molar-refractivity contribution < 1.29 is 67.5 Å². The average Bonchev–Trinajstić information content (AvgIpc) is 3.86. The third kappa shape index (κ3) is 14.6. The summed E-state index contributed by atoms with van der Waals surface area (Å²) in [4.78, 5) is 21.0. The molecule has 0 saturated carbocycles. The van der Waals surface area contributed by atoms with E-state index in [4.69, 9.17) is 37.9 Å². The van der Waals surface area contributed by atoms with Crippen LogP contribution in [-0.4, -0.2) is 210 Å². The number of carbonyl (C=O) groups is 1. The highest BCUT2D eigenvalue weighted by atomic mass is 19.1. The first kappa shape index (κ1) is 61.3. The zero-order valence-corrected chi connectivity index (χ0v) is 47.3. The van der Waals surface area contributed by atoms with Crippen molar-refractivity contribution in [1.82, 2.24) is 24.8 Å². The SMILES string of the molecule is CC[C@H]1OC(=O)[C@H](C)[C@@H](O[C@H]2C[C@@](C)(OC)[C@@H](O)[C@H](C)O2)[C@H](C)[C@@H](O[C@H]2C[C@@H](N(C)CCc3cn([C@H](CF)[C@H](OC)c4ccc(N5CCOCC5)cc4)nn3)C[C@@H](C)O2)[C@](C)(O)C[C@@H](C)CN(C)[C@H](C)[C@@H](O)[C@]1(C)O. The highest BCUT2D eigenvalue weighted by Gasteiger charge is 2.52. The predicted molar refractivity (Wildman–Crippen MR) is 280 cm³/mol. The number of aliphatic hydroxyl groups is 4. The molecule has 20 heteroatoms. The molecule has 4 N–H and O–H groups in total. The van der Waals surface area contributed by atoms with Gasteiger partial charge in [0.1, 0.15) is 42.7 Å². The van der Waals surface area contributed by atoms with E-state index < -0.39 is 109 Å². The molecule has 428 valence electrons. The van der Waals surface area contributed by atoms with Crippen molar-refractivity contribution in [3.63, 3.8) is 0 Å². The number of carbonyl (C=O) groups excluding carboxylic acids is 1. The fraction of sp³-hybridized carbons (Fsp3) is 0.836. The minimum Gasteiger partial charge on any atom is -0.459 e. The molecule has 0 radical (unpaired) electrons. The largest absolute Gasteiger partial charge is 0.459 e. The zero-order valence-electron chi connectivity index (χ0n) is 47.3. The maximum atomic E-state index is 14.9. The van der Waals surface area contributed by atoms with E-state index in [2.05, 4.69) is 20.1 Å². The molecule has 19 nitrogen and oxygen atoms in total. The lowest BCUT2D eigenvalue weighted by Gasteiger charge is -2.48. The fourth-order valence-electron chi connectivity index (χ4n) is 12.2. The highest BCUT2D eigenvalue weighted by molar-refractivity contribution is 5.73. The number of aliphatic hydroxyl groups excluding tert-OH is 2. The Kier molecular flexibility index (Phi) is 21.5. The number of cyclic esters (lactones) is 1. The van der Waals surface area contributed by atoms with Crippen molar-refractivity contribution in [3.05, 3.63) is 41.7 Å². The summed E-state index contributed by atoms with van der Waals surface area (Å²) in [6.07, 6.45) is -4.48. The van der Waals surface area contributed by atoms with Crippen molar-refractivity contribution in [2.24, 2.45) is 17.8 Å². The third-order valence-electron chi connectivity index (χ3n) is 17.0. The number of hydrogen-bond acceptors (Lipinski definition) is 18. The molecular formula is C55H93FN6O13. The quantitative estimate of drug-likeness (QED) is 0.165. The molecule has 4 aliphatic rings. The van der Waals surface area contributed by atoms with Crippen molar-refractivity contribution in [1.29, 1.82) is 0 Å². The van der Waals surface area contributed by atoms with Crippen LogP contribution in [0, 0.1) is 17.8 Å². The molecule has 0 spiro atoms. The Bertz CT molecular complexity index is 2070. The summed E-state index contributed by atoms with van der Waals surface area (Å²) in [5.41, 5.74) is -1.77. The number of morpholine rings is 1. The van der Waals surface area contributed by atoms with Gasteiger partial charge in [-0.1, -0.05) is 38.1 Å². The van der Waals surface area contributed by atoms with Gasteiger partial charge in [0.25, 0.3) is 0 Å². The number of esters is 1. The lowest BCUT2D eigenvalue weighted by atomic mass is 9.77. The Labute approximate surface area is 445 Å². The number of likely N-dealkylation sites (N-methyl/N-ethyl adjacent to an activating group) is 2. The number of hydrogen-bond donors (Lipinski definition) is 4. The molecule has 5 heterocycles. The Balaban J connectivity index is 1.22. The number of halogens is 1. The monoisotopic (exact) mass is 1060 g/mol. The van der Waals surface area contributed by atoms with Crippen molar-refractivity contribution in [2.45, 2.75) is 204 Å². The number of anilines is 1. The van der Waals surface area contributed by atoms with Crippen LogP contribution in [0.5, 0.6) is 0 Å². The summed E-state index contributed by atoms with van der Waals surface area (Å²) in [5.74, 6) is -2.56. The Morgan fingerprint density at radius 3 is 2.24 bits per heavy atom. The number of benzene rings is 1. The summed E-state index contributed by atoms with van der Waals surface area (Å²) in [7, 11) is 7.01. The van der Waals surface area contributed by atoms with Gasteiger partial charge in [-0.25, -0.2) is 9.07 Å². The van der Waals surface area contributed by atoms with Gasteiger partial charge in [0.05, 0.1) is 60.4 Å². The molecule has 0 aliphatic carbocycles. The summed E-state index contributed by atoms with van der Waals surface area (Å²) in [6.45, 7) is 21.3. The molecule has 1 aromatic carbocycles. The van der Waals surface area contributed by atoms with Crippen LogP contribution in [0.3, 0.4) is 0 Å². The van der Waals surface area contributed by atoms with Crippen LogP contribution in [0.25, 0.3) is 0 Å². The lowest BCUT2D eigenvalue weighted by Crippen LogP contribution is -2.59. The maximum absolute atomic E-state index is 14.9. The second-order valence-corrected chi connectivity index (χ2v) is 23.1. The topological polar surface area (TPSA) is 212 Å². The van der Waals surface area contributed by atoms with Crippen LogP contribution in [0.4, 0.5) is 10.1 Å².